The monoisotopic (exact) mass is 429 g/mol. The molecule has 2 aromatic carbocycles. The Bertz CT molecular complexity index is 1060. The molecular weight excluding hydrogens is 405 g/mol. The molecule has 1 amide bonds. The molecule has 1 aromatic heterocycles. The van der Waals surface area contributed by atoms with E-state index in [0.717, 1.165) is 46.6 Å². The van der Waals surface area contributed by atoms with Gasteiger partial charge in [-0.1, -0.05) is 23.5 Å². The van der Waals surface area contributed by atoms with Crippen LogP contribution in [0.2, 0.25) is 0 Å². The lowest BCUT2D eigenvalue weighted by molar-refractivity contribution is -0.120. The molecule has 7 heteroatoms. The molecule has 0 unspecified atom stereocenters. The van der Waals surface area contributed by atoms with Crippen molar-refractivity contribution < 1.29 is 9.18 Å². The van der Waals surface area contributed by atoms with Gasteiger partial charge in [0.05, 0.1) is 10.2 Å². The number of fused-ring (bicyclic) bond motifs is 1. The summed E-state index contributed by atoms with van der Waals surface area (Å²) in [5.41, 5.74) is 3.96. The SMILES string of the molecule is Cc1cc(C)c2nc(NC(=O)C3CCN(Sc4ccc(C)c(F)c4)CC3)sc2c1. The zero-order chi connectivity index (χ0) is 20.5. The Hall–Kier alpha value is -1.96. The second-order valence-electron chi connectivity index (χ2n) is 7.64. The second kappa shape index (κ2) is 8.42. The maximum Gasteiger partial charge on any atom is 0.229 e. The van der Waals surface area contributed by atoms with Crippen LogP contribution in [-0.4, -0.2) is 28.3 Å². The first-order chi connectivity index (χ1) is 13.9. The number of aryl methyl sites for hydroxylation is 3. The molecule has 1 N–H and O–H groups in total. The maximum absolute atomic E-state index is 13.7. The van der Waals surface area contributed by atoms with Crippen molar-refractivity contribution in [1.82, 2.24) is 9.29 Å². The molecule has 1 aliphatic rings. The lowest BCUT2D eigenvalue weighted by Crippen LogP contribution is -2.34. The molecule has 0 bridgehead atoms. The number of amides is 1. The molecule has 1 saturated heterocycles. The van der Waals surface area contributed by atoms with Crippen LogP contribution < -0.4 is 5.32 Å². The molecule has 0 radical (unpaired) electrons. The van der Waals surface area contributed by atoms with Gasteiger partial charge >= 0.3 is 0 Å². The molecule has 0 saturated carbocycles. The number of benzene rings is 2. The summed E-state index contributed by atoms with van der Waals surface area (Å²) in [7, 11) is 0. The van der Waals surface area contributed by atoms with Crippen molar-refractivity contribution in [1.29, 1.82) is 0 Å². The fourth-order valence-electron chi connectivity index (χ4n) is 3.62. The van der Waals surface area contributed by atoms with E-state index in [9.17, 15) is 9.18 Å². The number of piperidine rings is 1. The van der Waals surface area contributed by atoms with Crippen molar-refractivity contribution in [2.24, 2.45) is 5.92 Å². The van der Waals surface area contributed by atoms with E-state index in [-0.39, 0.29) is 17.6 Å². The van der Waals surface area contributed by atoms with Crippen LogP contribution in [0.15, 0.2) is 35.2 Å². The Morgan fingerprint density at radius 3 is 2.66 bits per heavy atom. The van der Waals surface area contributed by atoms with E-state index in [2.05, 4.69) is 33.7 Å². The molecule has 0 spiro atoms. The quantitative estimate of drug-likeness (QED) is 0.539. The zero-order valence-electron chi connectivity index (χ0n) is 16.8. The molecule has 2 heterocycles. The standard InChI is InChI=1S/C22H24FN3OS2/c1-13-10-15(3)20-19(11-13)28-22(24-20)25-21(27)16-6-8-26(9-7-16)29-17-5-4-14(2)18(23)12-17/h4-5,10-12,16H,6-9H2,1-3H3,(H,24,25,27). The molecule has 4 rings (SSSR count). The number of carbonyl (C=O) groups excluding carboxylic acids is 1. The Balaban J connectivity index is 1.34. The first kappa shape index (κ1) is 20.3. The normalized spacial score (nSPS) is 15.7. The van der Waals surface area contributed by atoms with Gasteiger partial charge < -0.3 is 5.32 Å². The van der Waals surface area contributed by atoms with Crippen LogP contribution in [0.4, 0.5) is 9.52 Å². The first-order valence-corrected chi connectivity index (χ1v) is 11.4. The Kier molecular flexibility index (Phi) is 5.90. The van der Waals surface area contributed by atoms with Gasteiger partial charge in [0.25, 0.3) is 0 Å². The van der Waals surface area contributed by atoms with Gasteiger partial charge in [-0.3, -0.25) is 4.79 Å². The van der Waals surface area contributed by atoms with Crippen LogP contribution in [0.5, 0.6) is 0 Å². The number of hydrogen-bond acceptors (Lipinski definition) is 5. The average Bonchev–Trinajstić information content (AvgIpc) is 3.08. The summed E-state index contributed by atoms with van der Waals surface area (Å²) in [6, 6.07) is 9.55. The lowest BCUT2D eigenvalue weighted by Gasteiger charge is -2.30. The number of anilines is 1. The van der Waals surface area contributed by atoms with E-state index in [1.54, 1.807) is 31.0 Å². The van der Waals surface area contributed by atoms with Gasteiger partial charge in [-0.25, -0.2) is 13.7 Å². The molecule has 1 aliphatic heterocycles. The zero-order valence-corrected chi connectivity index (χ0v) is 18.4. The van der Waals surface area contributed by atoms with Crippen molar-refractivity contribution >= 4 is 44.5 Å². The topological polar surface area (TPSA) is 45.2 Å². The summed E-state index contributed by atoms with van der Waals surface area (Å²) < 4.78 is 17.1. The predicted octanol–water partition coefficient (Wildman–Crippen LogP) is 5.72. The summed E-state index contributed by atoms with van der Waals surface area (Å²) in [4.78, 5) is 18.2. The van der Waals surface area contributed by atoms with Crippen LogP contribution in [0.1, 0.15) is 29.5 Å². The van der Waals surface area contributed by atoms with Gasteiger partial charge in [0.1, 0.15) is 5.82 Å². The average molecular weight is 430 g/mol. The molecular formula is C22H24FN3OS2. The van der Waals surface area contributed by atoms with Crippen LogP contribution in [0.25, 0.3) is 10.2 Å². The highest BCUT2D eigenvalue weighted by Crippen LogP contribution is 2.32. The van der Waals surface area contributed by atoms with E-state index >= 15 is 0 Å². The van der Waals surface area contributed by atoms with Crippen molar-refractivity contribution in [3.8, 4) is 0 Å². The third-order valence-electron chi connectivity index (χ3n) is 5.26. The number of carbonyl (C=O) groups is 1. The largest absolute Gasteiger partial charge is 0.302 e. The molecule has 29 heavy (non-hydrogen) atoms. The predicted molar refractivity (Wildman–Crippen MR) is 119 cm³/mol. The third-order valence-corrected chi connectivity index (χ3v) is 7.27. The molecule has 0 atom stereocenters. The van der Waals surface area contributed by atoms with E-state index in [1.165, 1.54) is 16.9 Å². The van der Waals surface area contributed by atoms with E-state index in [1.807, 2.05) is 13.0 Å². The third kappa shape index (κ3) is 4.63. The first-order valence-electron chi connectivity index (χ1n) is 9.77. The maximum atomic E-state index is 13.7. The Morgan fingerprint density at radius 2 is 1.93 bits per heavy atom. The number of aromatic nitrogens is 1. The lowest BCUT2D eigenvalue weighted by atomic mass is 9.97. The van der Waals surface area contributed by atoms with Crippen LogP contribution in [0.3, 0.4) is 0 Å². The smallest absolute Gasteiger partial charge is 0.229 e. The highest BCUT2D eigenvalue weighted by molar-refractivity contribution is 7.97. The van der Waals surface area contributed by atoms with Crippen molar-refractivity contribution in [3.05, 3.63) is 52.8 Å². The van der Waals surface area contributed by atoms with E-state index in [0.29, 0.717) is 10.7 Å². The highest BCUT2D eigenvalue weighted by atomic mass is 32.2. The van der Waals surface area contributed by atoms with Crippen LogP contribution in [0, 0.1) is 32.5 Å². The van der Waals surface area contributed by atoms with Gasteiger partial charge in [0, 0.05) is 23.9 Å². The number of nitrogens with zero attached hydrogens (tertiary/aromatic N) is 2. The van der Waals surface area contributed by atoms with Gasteiger partial charge in [0.15, 0.2) is 5.13 Å². The number of hydrogen-bond donors (Lipinski definition) is 1. The summed E-state index contributed by atoms with van der Waals surface area (Å²) in [5, 5.41) is 3.69. The fourth-order valence-corrected chi connectivity index (χ4v) is 5.64. The highest BCUT2D eigenvalue weighted by Gasteiger charge is 2.26. The Labute approximate surface area is 178 Å². The summed E-state index contributed by atoms with van der Waals surface area (Å²) in [6.07, 6.45) is 1.58. The minimum Gasteiger partial charge on any atom is -0.302 e. The molecule has 0 aliphatic carbocycles. The number of thiazole rings is 1. The molecule has 3 aromatic rings. The van der Waals surface area contributed by atoms with Crippen molar-refractivity contribution in [2.45, 2.75) is 38.5 Å². The van der Waals surface area contributed by atoms with Crippen LogP contribution in [-0.2, 0) is 4.79 Å². The van der Waals surface area contributed by atoms with Gasteiger partial charge in [0.2, 0.25) is 5.91 Å². The van der Waals surface area contributed by atoms with Gasteiger partial charge in [-0.15, -0.1) is 0 Å². The van der Waals surface area contributed by atoms with Gasteiger partial charge in [-0.05, 0) is 80.5 Å². The second-order valence-corrected chi connectivity index (χ2v) is 9.84. The van der Waals surface area contributed by atoms with Gasteiger partial charge in [-0.2, -0.15) is 0 Å². The van der Waals surface area contributed by atoms with Crippen molar-refractivity contribution in [2.75, 3.05) is 18.4 Å². The van der Waals surface area contributed by atoms with Crippen LogP contribution >= 0.6 is 23.3 Å². The minimum atomic E-state index is -0.175. The van der Waals surface area contributed by atoms with Crippen molar-refractivity contribution in [3.63, 3.8) is 0 Å². The van der Waals surface area contributed by atoms with E-state index in [4.69, 9.17) is 0 Å². The number of halogens is 1. The summed E-state index contributed by atoms with van der Waals surface area (Å²) >= 11 is 3.09. The summed E-state index contributed by atoms with van der Waals surface area (Å²) in [6.45, 7) is 7.49. The Morgan fingerprint density at radius 1 is 1.17 bits per heavy atom. The fraction of sp³-hybridized carbons (Fsp3) is 0.364. The van der Waals surface area contributed by atoms with E-state index < -0.39 is 0 Å². The molecule has 152 valence electrons. The molecule has 4 nitrogen and oxygen atoms in total. The number of rotatable bonds is 4. The molecule has 1 fully saturated rings. The minimum absolute atomic E-state index is 0.0172. The summed E-state index contributed by atoms with van der Waals surface area (Å²) in [5.74, 6) is -0.147. The number of nitrogens with one attached hydrogen (secondary N) is 1.